The number of nitrogens with zero attached hydrogens (tertiary/aromatic N) is 2. The highest BCUT2D eigenvalue weighted by Crippen LogP contribution is 2.23. The van der Waals surface area contributed by atoms with Gasteiger partial charge in [0.2, 0.25) is 0 Å². The summed E-state index contributed by atoms with van der Waals surface area (Å²) in [6.07, 6.45) is 4.81. The molecule has 1 saturated heterocycles. The molecule has 0 amide bonds. The lowest BCUT2D eigenvalue weighted by atomic mass is 10.0. The number of hydrogen-bond donors (Lipinski definition) is 2. The van der Waals surface area contributed by atoms with Crippen molar-refractivity contribution in [2.24, 2.45) is 5.92 Å². The Morgan fingerprint density at radius 3 is 2.56 bits per heavy atom. The Morgan fingerprint density at radius 2 is 1.92 bits per heavy atom. The maximum atomic E-state index is 11.6. The number of nitrogens with one attached hydrogen (secondary N) is 1. The molecule has 0 bridgehead atoms. The van der Waals surface area contributed by atoms with E-state index in [4.69, 9.17) is 10.5 Å². The smallest absolute Gasteiger partial charge is 0.175 e. The van der Waals surface area contributed by atoms with Gasteiger partial charge in [0.25, 0.3) is 0 Å². The van der Waals surface area contributed by atoms with Gasteiger partial charge in [0.05, 0.1) is 16.8 Å². The minimum absolute atomic E-state index is 0.275. The summed E-state index contributed by atoms with van der Waals surface area (Å²) in [7, 11) is -3.22. The van der Waals surface area contributed by atoms with E-state index in [1.807, 2.05) is 0 Å². The lowest BCUT2D eigenvalue weighted by Gasteiger charge is -2.22. The van der Waals surface area contributed by atoms with Crippen LogP contribution in [0.25, 0.3) is 11.3 Å². The van der Waals surface area contributed by atoms with E-state index in [-0.39, 0.29) is 4.90 Å². The number of nitrogens with two attached hydrogens (primary N) is 1. The highest BCUT2D eigenvalue weighted by atomic mass is 32.2. The summed E-state index contributed by atoms with van der Waals surface area (Å²) in [4.78, 5) is 9.02. The lowest BCUT2D eigenvalue weighted by molar-refractivity contribution is 0.0699. The number of hydrogen-bond acceptors (Lipinski definition) is 7. The molecule has 0 radical (unpaired) electrons. The minimum Gasteiger partial charge on any atom is -0.381 e. The fraction of sp³-hybridized carbons (Fsp3) is 0.412. The van der Waals surface area contributed by atoms with Gasteiger partial charge in [0.1, 0.15) is 0 Å². The molecular formula is C17H22N4O3S. The van der Waals surface area contributed by atoms with Gasteiger partial charge in [-0.1, -0.05) is 12.1 Å². The molecule has 2 heterocycles. The second-order valence-electron chi connectivity index (χ2n) is 6.22. The molecular weight excluding hydrogens is 340 g/mol. The highest BCUT2D eigenvalue weighted by molar-refractivity contribution is 7.90. The van der Waals surface area contributed by atoms with E-state index < -0.39 is 9.84 Å². The van der Waals surface area contributed by atoms with E-state index in [2.05, 4.69) is 15.3 Å². The third-order valence-electron chi connectivity index (χ3n) is 4.28. The van der Waals surface area contributed by atoms with Gasteiger partial charge in [-0.05, 0) is 30.9 Å². The van der Waals surface area contributed by atoms with Crippen LogP contribution in [0.2, 0.25) is 0 Å². The zero-order chi connectivity index (χ0) is 17.9. The van der Waals surface area contributed by atoms with Crippen molar-refractivity contribution < 1.29 is 13.2 Å². The maximum Gasteiger partial charge on any atom is 0.175 e. The molecule has 1 aliphatic heterocycles. The molecule has 134 valence electrons. The van der Waals surface area contributed by atoms with Crippen molar-refractivity contribution in [3.63, 3.8) is 0 Å². The van der Waals surface area contributed by atoms with Crippen molar-refractivity contribution in [1.29, 1.82) is 0 Å². The molecule has 1 aliphatic rings. The van der Waals surface area contributed by atoms with Gasteiger partial charge in [0.15, 0.2) is 21.5 Å². The molecule has 7 nitrogen and oxygen atoms in total. The standard InChI is InChI=1S/C17H22N4O3S/c1-25(22,23)14-4-2-13(3-5-14)15-11-19-16(18)17(21-15)20-10-12-6-8-24-9-7-12/h2-5,11-12H,6-10H2,1H3,(H2,18,19)(H,20,21). The first-order valence-electron chi connectivity index (χ1n) is 8.18. The summed E-state index contributed by atoms with van der Waals surface area (Å²) in [5.74, 6) is 1.44. The van der Waals surface area contributed by atoms with Gasteiger partial charge in [-0.3, -0.25) is 0 Å². The average Bonchev–Trinajstić information content (AvgIpc) is 2.61. The number of ether oxygens (including phenoxy) is 1. The van der Waals surface area contributed by atoms with Gasteiger partial charge in [0, 0.05) is 31.6 Å². The Morgan fingerprint density at radius 1 is 1.24 bits per heavy atom. The number of nitrogen functional groups attached to an aromatic ring is 1. The molecule has 3 N–H and O–H groups in total. The normalized spacial score (nSPS) is 15.9. The lowest BCUT2D eigenvalue weighted by Crippen LogP contribution is -2.23. The molecule has 0 unspecified atom stereocenters. The molecule has 0 aliphatic carbocycles. The quantitative estimate of drug-likeness (QED) is 0.837. The van der Waals surface area contributed by atoms with Crippen LogP contribution >= 0.6 is 0 Å². The fourth-order valence-corrected chi connectivity index (χ4v) is 3.36. The summed E-state index contributed by atoms with van der Waals surface area (Å²) in [5, 5.41) is 3.28. The van der Waals surface area contributed by atoms with Gasteiger partial charge < -0.3 is 15.8 Å². The van der Waals surface area contributed by atoms with Crippen LogP contribution in [0.4, 0.5) is 11.6 Å². The van der Waals surface area contributed by atoms with E-state index >= 15 is 0 Å². The fourth-order valence-electron chi connectivity index (χ4n) is 2.73. The zero-order valence-electron chi connectivity index (χ0n) is 14.1. The van der Waals surface area contributed by atoms with E-state index in [0.29, 0.717) is 23.2 Å². The summed E-state index contributed by atoms with van der Waals surface area (Å²) < 4.78 is 28.5. The van der Waals surface area contributed by atoms with Crippen molar-refractivity contribution in [2.45, 2.75) is 17.7 Å². The maximum absolute atomic E-state index is 11.6. The molecule has 0 atom stereocenters. The molecule has 3 rings (SSSR count). The van der Waals surface area contributed by atoms with Crippen LogP contribution in [-0.4, -0.2) is 44.4 Å². The van der Waals surface area contributed by atoms with Crippen LogP contribution in [0, 0.1) is 5.92 Å². The molecule has 0 spiro atoms. The van der Waals surface area contributed by atoms with Gasteiger partial charge in [-0.15, -0.1) is 0 Å². The first-order chi connectivity index (χ1) is 11.9. The monoisotopic (exact) mass is 362 g/mol. The highest BCUT2D eigenvalue weighted by Gasteiger charge is 2.15. The van der Waals surface area contributed by atoms with E-state index in [0.717, 1.165) is 38.2 Å². The van der Waals surface area contributed by atoms with E-state index in [1.54, 1.807) is 30.5 Å². The summed E-state index contributed by atoms with van der Waals surface area (Å²) in [6, 6.07) is 6.58. The van der Waals surface area contributed by atoms with Crippen molar-refractivity contribution in [3.8, 4) is 11.3 Å². The molecule has 2 aromatic rings. The summed E-state index contributed by atoms with van der Waals surface area (Å²) in [5.41, 5.74) is 7.35. The van der Waals surface area contributed by atoms with Crippen LogP contribution < -0.4 is 11.1 Å². The van der Waals surface area contributed by atoms with Crippen LogP contribution in [0.1, 0.15) is 12.8 Å². The van der Waals surface area contributed by atoms with E-state index in [9.17, 15) is 8.42 Å². The van der Waals surface area contributed by atoms with Crippen LogP contribution in [0.3, 0.4) is 0 Å². The third kappa shape index (κ3) is 4.46. The summed E-state index contributed by atoms with van der Waals surface area (Å²) in [6.45, 7) is 2.36. The van der Waals surface area contributed by atoms with Gasteiger partial charge >= 0.3 is 0 Å². The van der Waals surface area contributed by atoms with Crippen molar-refractivity contribution in [2.75, 3.05) is 37.1 Å². The minimum atomic E-state index is -3.22. The molecule has 0 saturated carbocycles. The summed E-state index contributed by atoms with van der Waals surface area (Å²) >= 11 is 0. The molecule has 8 heteroatoms. The van der Waals surface area contributed by atoms with Crippen LogP contribution in [0.15, 0.2) is 35.4 Å². The predicted octanol–water partition coefficient (Wildman–Crippen LogP) is 1.97. The number of aromatic nitrogens is 2. The number of rotatable bonds is 5. The number of benzene rings is 1. The van der Waals surface area contributed by atoms with Crippen molar-refractivity contribution in [3.05, 3.63) is 30.5 Å². The van der Waals surface area contributed by atoms with Crippen LogP contribution in [0.5, 0.6) is 0 Å². The van der Waals surface area contributed by atoms with Crippen molar-refractivity contribution >= 4 is 21.5 Å². The molecule has 25 heavy (non-hydrogen) atoms. The Labute approximate surface area is 147 Å². The molecule has 1 aromatic carbocycles. The average molecular weight is 362 g/mol. The number of anilines is 2. The second kappa shape index (κ2) is 7.37. The largest absolute Gasteiger partial charge is 0.381 e. The van der Waals surface area contributed by atoms with E-state index in [1.165, 1.54) is 6.26 Å². The SMILES string of the molecule is CS(=O)(=O)c1ccc(-c2cnc(N)c(NCC3CCOCC3)n2)cc1. The van der Waals surface area contributed by atoms with Crippen molar-refractivity contribution in [1.82, 2.24) is 9.97 Å². The Balaban J connectivity index is 1.76. The van der Waals surface area contributed by atoms with Gasteiger partial charge in [-0.2, -0.15) is 0 Å². The predicted molar refractivity (Wildman–Crippen MR) is 97.0 cm³/mol. The third-order valence-corrected chi connectivity index (χ3v) is 5.41. The first-order valence-corrected chi connectivity index (χ1v) is 10.1. The van der Waals surface area contributed by atoms with Crippen LogP contribution in [-0.2, 0) is 14.6 Å². The Bertz CT molecular complexity index is 831. The Kier molecular flexibility index (Phi) is 5.19. The van der Waals surface area contributed by atoms with Gasteiger partial charge in [-0.25, -0.2) is 18.4 Å². The second-order valence-corrected chi connectivity index (χ2v) is 8.24. The molecule has 1 aromatic heterocycles. The topological polar surface area (TPSA) is 107 Å². The zero-order valence-corrected chi connectivity index (χ0v) is 14.9. The molecule has 1 fully saturated rings. The number of sulfone groups is 1. The first kappa shape index (κ1) is 17.6. The Hall–Kier alpha value is -2.19.